The SMILES string of the molecule is CN(C(=O)Cc1cc(C(F)(F)F)cc(C(F)(F)F)c1)[C@@H](Cc1ccccc1)C(=O)N[C@@H](Cc1c[nH]c2ccccc12)C(=O)O. The highest BCUT2D eigenvalue weighted by Crippen LogP contribution is 2.36. The number of alkyl halides is 6. The maximum atomic E-state index is 13.6. The molecule has 7 nitrogen and oxygen atoms in total. The molecule has 2 amide bonds. The lowest BCUT2D eigenvalue weighted by molar-refractivity contribution is -0.145. The van der Waals surface area contributed by atoms with Crippen LogP contribution in [0.3, 0.4) is 0 Å². The predicted molar refractivity (Wildman–Crippen MR) is 148 cm³/mol. The van der Waals surface area contributed by atoms with E-state index in [1.165, 1.54) is 7.05 Å². The standard InChI is InChI=1S/C31H27F6N3O4/c1-40(27(41)14-19-11-21(30(32,33)34)16-22(12-19)31(35,36)37)26(13-18-7-3-2-4-8-18)28(42)39-25(29(43)44)15-20-17-38-24-10-6-5-9-23(20)24/h2-12,16-17,25-26,38H,13-15H2,1H3,(H,39,42)(H,43,44)/t25-,26-/m0/s1. The average molecular weight is 620 g/mol. The first-order valence-electron chi connectivity index (χ1n) is 13.3. The molecule has 0 spiro atoms. The number of carboxylic acid groups (broad SMARTS) is 1. The lowest BCUT2D eigenvalue weighted by atomic mass is 10.00. The van der Waals surface area contributed by atoms with Gasteiger partial charge in [0.2, 0.25) is 11.8 Å². The Bertz CT molecular complexity index is 1620. The first-order chi connectivity index (χ1) is 20.6. The maximum Gasteiger partial charge on any atom is 0.416 e. The van der Waals surface area contributed by atoms with Gasteiger partial charge in [0.1, 0.15) is 12.1 Å². The van der Waals surface area contributed by atoms with Crippen molar-refractivity contribution in [3.8, 4) is 0 Å². The van der Waals surface area contributed by atoms with Gasteiger partial charge in [0.05, 0.1) is 17.5 Å². The fraction of sp³-hybridized carbons (Fsp3) is 0.258. The molecule has 1 heterocycles. The van der Waals surface area contributed by atoms with E-state index < -0.39 is 65.3 Å². The van der Waals surface area contributed by atoms with E-state index in [2.05, 4.69) is 10.3 Å². The van der Waals surface area contributed by atoms with Gasteiger partial charge < -0.3 is 20.3 Å². The Hall–Kier alpha value is -4.81. The number of fused-ring (bicyclic) bond motifs is 1. The van der Waals surface area contributed by atoms with Gasteiger partial charge in [0, 0.05) is 37.0 Å². The van der Waals surface area contributed by atoms with E-state index in [9.17, 15) is 45.8 Å². The summed E-state index contributed by atoms with van der Waals surface area (Å²) >= 11 is 0. The zero-order valence-corrected chi connectivity index (χ0v) is 23.2. The molecular formula is C31H27F6N3O4. The molecule has 0 aliphatic carbocycles. The summed E-state index contributed by atoms with van der Waals surface area (Å²) in [5, 5.41) is 13.1. The van der Waals surface area contributed by atoms with Crippen molar-refractivity contribution in [1.82, 2.24) is 15.2 Å². The Morgan fingerprint density at radius 1 is 0.841 bits per heavy atom. The second-order valence-electron chi connectivity index (χ2n) is 10.3. The third kappa shape index (κ3) is 7.77. The molecule has 44 heavy (non-hydrogen) atoms. The number of aromatic amines is 1. The molecule has 0 aliphatic rings. The van der Waals surface area contributed by atoms with Crippen LogP contribution in [0.2, 0.25) is 0 Å². The summed E-state index contributed by atoms with van der Waals surface area (Å²) < 4.78 is 80.1. The zero-order valence-electron chi connectivity index (χ0n) is 23.2. The fourth-order valence-electron chi connectivity index (χ4n) is 4.83. The predicted octanol–water partition coefficient (Wildman–Crippen LogP) is 5.63. The van der Waals surface area contributed by atoms with E-state index in [1.807, 2.05) is 0 Å². The number of aliphatic carboxylic acids is 1. The van der Waals surface area contributed by atoms with Gasteiger partial charge in [-0.05, 0) is 41.0 Å². The average Bonchev–Trinajstić information content (AvgIpc) is 3.37. The molecule has 1 aromatic heterocycles. The number of nitrogens with zero attached hydrogens (tertiary/aromatic N) is 1. The highest BCUT2D eigenvalue weighted by molar-refractivity contribution is 5.92. The van der Waals surface area contributed by atoms with E-state index in [1.54, 1.807) is 60.8 Å². The first-order valence-corrected chi connectivity index (χ1v) is 13.3. The van der Waals surface area contributed by atoms with Crippen molar-refractivity contribution in [2.45, 2.75) is 43.7 Å². The van der Waals surface area contributed by atoms with E-state index in [-0.39, 0.29) is 18.9 Å². The van der Waals surface area contributed by atoms with Crippen LogP contribution in [0.4, 0.5) is 26.3 Å². The normalized spacial score (nSPS) is 13.3. The molecule has 4 aromatic rings. The number of amides is 2. The van der Waals surface area contributed by atoms with E-state index in [0.29, 0.717) is 23.3 Å². The van der Waals surface area contributed by atoms with Crippen LogP contribution in [0.25, 0.3) is 10.9 Å². The number of H-pyrrole nitrogens is 1. The number of para-hydroxylation sites is 1. The number of benzene rings is 3. The van der Waals surface area contributed by atoms with E-state index >= 15 is 0 Å². The van der Waals surface area contributed by atoms with Crippen molar-refractivity contribution < 1.29 is 45.8 Å². The number of carboxylic acids is 1. The minimum atomic E-state index is -5.10. The number of hydrogen-bond donors (Lipinski definition) is 3. The first kappa shape index (κ1) is 32.1. The van der Waals surface area contributed by atoms with Gasteiger partial charge in [-0.3, -0.25) is 9.59 Å². The second kappa shape index (κ2) is 12.8. The van der Waals surface area contributed by atoms with Gasteiger partial charge in [-0.1, -0.05) is 48.5 Å². The van der Waals surface area contributed by atoms with Crippen LogP contribution in [-0.2, 0) is 46.0 Å². The van der Waals surface area contributed by atoms with Crippen molar-refractivity contribution in [2.75, 3.05) is 7.05 Å². The second-order valence-corrected chi connectivity index (χ2v) is 10.3. The van der Waals surface area contributed by atoms with Crippen LogP contribution in [-0.4, -0.2) is 51.9 Å². The highest BCUT2D eigenvalue weighted by atomic mass is 19.4. The van der Waals surface area contributed by atoms with Crippen molar-refractivity contribution in [3.05, 3.63) is 107 Å². The third-order valence-corrected chi connectivity index (χ3v) is 7.15. The number of nitrogens with one attached hydrogen (secondary N) is 2. The Morgan fingerprint density at radius 3 is 2.02 bits per heavy atom. The van der Waals surface area contributed by atoms with Crippen LogP contribution in [0.1, 0.15) is 27.8 Å². The molecule has 0 bridgehead atoms. The van der Waals surface area contributed by atoms with Crippen molar-refractivity contribution in [2.24, 2.45) is 0 Å². The molecule has 13 heteroatoms. The molecule has 2 atom stereocenters. The lowest BCUT2D eigenvalue weighted by Crippen LogP contribution is -2.53. The summed E-state index contributed by atoms with van der Waals surface area (Å²) in [5.41, 5.74) is -1.74. The fourth-order valence-corrected chi connectivity index (χ4v) is 4.83. The van der Waals surface area contributed by atoms with Crippen molar-refractivity contribution in [1.29, 1.82) is 0 Å². The van der Waals surface area contributed by atoms with Gasteiger partial charge in [-0.2, -0.15) is 26.3 Å². The summed E-state index contributed by atoms with van der Waals surface area (Å²) in [7, 11) is 1.18. The molecule has 0 fully saturated rings. The summed E-state index contributed by atoms with van der Waals surface area (Å²) in [6, 6.07) is 13.6. The van der Waals surface area contributed by atoms with Crippen molar-refractivity contribution >= 4 is 28.7 Å². The third-order valence-electron chi connectivity index (χ3n) is 7.15. The summed E-state index contributed by atoms with van der Waals surface area (Å²) in [6.07, 6.45) is -9.67. The zero-order chi connectivity index (χ0) is 32.2. The van der Waals surface area contributed by atoms with E-state index in [4.69, 9.17) is 0 Å². The van der Waals surface area contributed by atoms with E-state index in [0.717, 1.165) is 15.8 Å². The van der Waals surface area contributed by atoms with Gasteiger partial charge in [-0.25, -0.2) is 4.79 Å². The van der Waals surface area contributed by atoms with Crippen LogP contribution in [0.15, 0.2) is 79.0 Å². The highest BCUT2D eigenvalue weighted by Gasteiger charge is 2.37. The number of likely N-dealkylation sites (N-methyl/N-ethyl adjacent to an activating group) is 1. The number of rotatable bonds is 10. The Labute approximate surface area is 247 Å². The summed E-state index contributed by atoms with van der Waals surface area (Å²) in [4.78, 5) is 42.9. The Kier molecular flexibility index (Phi) is 9.36. The molecule has 4 rings (SSSR count). The Balaban J connectivity index is 1.60. The molecule has 0 radical (unpaired) electrons. The minimum absolute atomic E-state index is 0.0386. The smallest absolute Gasteiger partial charge is 0.416 e. The number of hydrogen-bond acceptors (Lipinski definition) is 3. The van der Waals surface area contributed by atoms with Gasteiger partial charge in [0.15, 0.2) is 0 Å². The number of halogens is 6. The summed E-state index contributed by atoms with van der Waals surface area (Å²) in [5.74, 6) is -3.16. The molecule has 232 valence electrons. The summed E-state index contributed by atoms with van der Waals surface area (Å²) in [6.45, 7) is 0. The monoisotopic (exact) mass is 619 g/mol. The molecule has 0 saturated carbocycles. The molecule has 0 saturated heterocycles. The molecule has 3 aromatic carbocycles. The number of aromatic nitrogens is 1. The molecule has 3 N–H and O–H groups in total. The van der Waals surface area contributed by atoms with Crippen LogP contribution in [0, 0.1) is 0 Å². The largest absolute Gasteiger partial charge is 0.480 e. The molecule has 0 unspecified atom stereocenters. The minimum Gasteiger partial charge on any atom is -0.480 e. The lowest BCUT2D eigenvalue weighted by Gasteiger charge is -2.29. The maximum absolute atomic E-state index is 13.6. The van der Waals surface area contributed by atoms with Crippen molar-refractivity contribution in [3.63, 3.8) is 0 Å². The van der Waals surface area contributed by atoms with Gasteiger partial charge in [-0.15, -0.1) is 0 Å². The van der Waals surface area contributed by atoms with Crippen LogP contribution >= 0.6 is 0 Å². The Morgan fingerprint density at radius 2 is 1.43 bits per heavy atom. The van der Waals surface area contributed by atoms with Crippen LogP contribution < -0.4 is 5.32 Å². The van der Waals surface area contributed by atoms with Gasteiger partial charge in [0.25, 0.3) is 0 Å². The van der Waals surface area contributed by atoms with Gasteiger partial charge >= 0.3 is 18.3 Å². The quantitative estimate of drug-likeness (QED) is 0.200. The molecular weight excluding hydrogens is 592 g/mol. The number of carbonyl (C=O) groups is 3. The molecule has 0 aliphatic heterocycles. The number of carbonyl (C=O) groups excluding carboxylic acids is 2. The topological polar surface area (TPSA) is 103 Å². The van der Waals surface area contributed by atoms with Crippen LogP contribution in [0.5, 0.6) is 0 Å².